The molecule has 0 aliphatic heterocycles. The van der Waals surface area contributed by atoms with Gasteiger partial charge in [0, 0.05) is 5.41 Å². The molecule has 0 amide bonds. The standard InChI is InChI=1S/C7H9O2/c1-7(2,6-9)4-3-5-8/h3-5H,1-2H3. The average Bonchev–Trinajstić information content (AvgIpc) is 1.84. The van der Waals surface area contributed by atoms with Crippen LogP contribution in [0.15, 0.2) is 12.2 Å². The molecular formula is C7H9O2. The average molecular weight is 125 g/mol. The minimum absolute atomic E-state index is 0.624. The van der Waals surface area contributed by atoms with Crippen LogP contribution in [0.5, 0.6) is 0 Å². The number of aldehydes is 1. The monoisotopic (exact) mass is 125 g/mol. The molecule has 1 radical (unpaired) electrons. The van der Waals surface area contributed by atoms with Crippen molar-refractivity contribution >= 4 is 12.6 Å². The van der Waals surface area contributed by atoms with Crippen molar-refractivity contribution in [2.24, 2.45) is 5.41 Å². The number of carbonyl (C=O) groups is 1. The van der Waals surface area contributed by atoms with Gasteiger partial charge in [-0.25, -0.2) is 0 Å². The van der Waals surface area contributed by atoms with Crippen LogP contribution in [-0.2, 0) is 9.59 Å². The first-order valence-corrected chi connectivity index (χ1v) is 2.65. The van der Waals surface area contributed by atoms with E-state index in [4.69, 9.17) is 0 Å². The second-order valence-corrected chi connectivity index (χ2v) is 2.32. The predicted molar refractivity (Wildman–Crippen MR) is 34.7 cm³/mol. The van der Waals surface area contributed by atoms with E-state index in [1.807, 2.05) is 0 Å². The molecule has 0 aromatic heterocycles. The number of allylic oxidation sites excluding steroid dienone is 2. The molecule has 2 nitrogen and oxygen atoms in total. The second kappa shape index (κ2) is 3.17. The van der Waals surface area contributed by atoms with E-state index in [0.717, 1.165) is 0 Å². The van der Waals surface area contributed by atoms with Crippen LogP contribution in [0.2, 0.25) is 0 Å². The van der Waals surface area contributed by atoms with Gasteiger partial charge in [-0.3, -0.25) is 9.59 Å². The molecule has 0 fully saturated rings. The maximum absolute atomic E-state index is 10.0. The van der Waals surface area contributed by atoms with Crippen molar-refractivity contribution < 1.29 is 9.59 Å². The van der Waals surface area contributed by atoms with Crippen molar-refractivity contribution in [2.75, 3.05) is 0 Å². The van der Waals surface area contributed by atoms with Gasteiger partial charge in [-0.1, -0.05) is 6.08 Å². The lowest BCUT2D eigenvalue weighted by Gasteiger charge is -2.05. The number of hydrogen-bond donors (Lipinski definition) is 0. The van der Waals surface area contributed by atoms with Gasteiger partial charge in [0.05, 0.1) is 0 Å². The molecule has 0 N–H and O–H groups in total. The molecule has 0 saturated heterocycles. The molecule has 0 spiro atoms. The minimum Gasteiger partial charge on any atom is -0.299 e. The summed E-state index contributed by atoms with van der Waals surface area (Å²) in [4.78, 5) is 19.8. The van der Waals surface area contributed by atoms with Crippen LogP contribution in [0, 0.1) is 5.41 Å². The molecule has 49 valence electrons. The lowest BCUT2D eigenvalue weighted by Crippen LogP contribution is -2.07. The molecule has 0 heterocycles. The van der Waals surface area contributed by atoms with E-state index >= 15 is 0 Å². The van der Waals surface area contributed by atoms with Crippen LogP contribution >= 0.6 is 0 Å². The molecule has 0 aliphatic carbocycles. The van der Waals surface area contributed by atoms with Crippen molar-refractivity contribution in [3.63, 3.8) is 0 Å². The maximum Gasteiger partial charge on any atom is 0.208 e. The lowest BCUT2D eigenvalue weighted by molar-refractivity contribution is -0.104. The largest absolute Gasteiger partial charge is 0.299 e. The number of carbonyl (C=O) groups excluding carboxylic acids is 2. The molecule has 0 aromatic rings. The molecule has 0 unspecified atom stereocenters. The normalized spacial score (nSPS) is 11.8. The zero-order chi connectivity index (χ0) is 7.33. The Labute approximate surface area is 54.6 Å². The fourth-order valence-corrected chi connectivity index (χ4v) is 0.314. The predicted octanol–water partition coefficient (Wildman–Crippen LogP) is 0.877. The van der Waals surface area contributed by atoms with Gasteiger partial charge < -0.3 is 0 Å². The van der Waals surface area contributed by atoms with Gasteiger partial charge in [-0.15, -0.1) is 0 Å². The fourth-order valence-electron chi connectivity index (χ4n) is 0.314. The Morgan fingerprint density at radius 2 is 2.00 bits per heavy atom. The zero-order valence-electron chi connectivity index (χ0n) is 5.55. The van der Waals surface area contributed by atoms with Crippen molar-refractivity contribution in [3.8, 4) is 0 Å². The van der Waals surface area contributed by atoms with Crippen LogP contribution in [0.3, 0.4) is 0 Å². The van der Waals surface area contributed by atoms with Gasteiger partial charge in [-0.2, -0.15) is 0 Å². The summed E-state index contributed by atoms with van der Waals surface area (Å²) in [6, 6.07) is 0. The highest BCUT2D eigenvalue weighted by molar-refractivity contribution is 5.69. The summed E-state index contributed by atoms with van der Waals surface area (Å²) in [5.74, 6) is 0. The molecule has 0 saturated carbocycles. The first-order valence-electron chi connectivity index (χ1n) is 2.65. The van der Waals surface area contributed by atoms with Crippen LogP contribution in [-0.4, -0.2) is 12.6 Å². The topological polar surface area (TPSA) is 34.1 Å². The Kier molecular flexibility index (Phi) is 2.85. The summed E-state index contributed by atoms with van der Waals surface area (Å²) in [5, 5.41) is 0. The van der Waals surface area contributed by atoms with Crippen LogP contribution in [0.4, 0.5) is 0 Å². The van der Waals surface area contributed by atoms with E-state index < -0.39 is 5.41 Å². The Morgan fingerprint density at radius 1 is 1.44 bits per heavy atom. The summed E-state index contributed by atoms with van der Waals surface area (Å²) in [6.45, 7) is 3.36. The Balaban J connectivity index is 3.99. The van der Waals surface area contributed by atoms with Crippen LogP contribution in [0.1, 0.15) is 13.8 Å². The third-order valence-electron chi connectivity index (χ3n) is 0.855. The van der Waals surface area contributed by atoms with Crippen molar-refractivity contribution in [1.82, 2.24) is 0 Å². The summed E-state index contributed by atoms with van der Waals surface area (Å²) < 4.78 is 0. The van der Waals surface area contributed by atoms with Gasteiger partial charge in [0.2, 0.25) is 6.29 Å². The fraction of sp³-hybridized carbons (Fsp3) is 0.429. The van der Waals surface area contributed by atoms with E-state index in [2.05, 4.69) is 0 Å². The highest BCUT2D eigenvalue weighted by Gasteiger charge is 2.11. The first kappa shape index (κ1) is 8.08. The molecule has 0 aliphatic rings. The summed E-state index contributed by atoms with van der Waals surface area (Å²) in [6.07, 6.45) is 5.22. The van der Waals surface area contributed by atoms with E-state index in [9.17, 15) is 9.59 Å². The zero-order valence-corrected chi connectivity index (χ0v) is 5.55. The first-order chi connectivity index (χ1) is 4.12. The van der Waals surface area contributed by atoms with E-state index in [0.29, 0.717) is 6.29 Å². The summed E-state index contributed by atoms with van der Waals surface area (Å²) in [7, 11) is 0. The van der Waals surface area contributed by atoms with Gasteiger partial charge in [0.15, 0.2) is 0 Å². The Morgan fingerprint density at radius 3 is 2.33 bits per heavy atom. The lowest BCUT2D eigenvalue weighted by atomic mass is 9.96. The Hall–Kier alpha value is -0.920. The van der Waals surface area contributed by atoms with Crippen molar-refractivity contribution in [1.29, 1.82) is 0 Å². The Bertz CT molecular complexity index is 134. The number of rotatable bonds is 3. The molecule has 0 rings (SSSR count). The molecule has 2 heteroatoms. The number of hydrogen-bond acceptors (Lipinski definition) is 2. The minimum atomic E-state index is -0.624. The van der Waals surface area contributed by atoms with Crippen molar-refractivity contribution in [2.45, 2.75) is 13.8 Å². The van der Waals surface area contributed by atoms with Crippen LogP contribution in [0.25, 0.3) is 0 Å². The highest BCUT2D eigenvalue weighted by Crippen LogP contribution is 2.11. The van der Waals surface area contributed by atoms with E-state index in [-0.39, 0.29) is 0 Å². The smallest absolute Gasteiger partial charge is 0.208 e. The summed E-state index contributed by atoms with van der Waals surface area (Å²) >= 11 is 0. The van der Waals surface area contributed by atoms with Gasteiger partial charge in [0.25, 0.3) is 0 Å². The highest BCUT2D eigenvalue weighted by atomic mass is 16.1. The van der Waals surface area contributed by atoms with E-state index in [1.165, 1.54) is 12.2 Å². The van der Waals surface area contributed by atoms with Gasteiger partial charge in [0.1, 0.15) is 6.29 Å². The molecule has 0 aromatic carbocycles. The molecule has 0 atom stereocenters. The van der Waals surface area contributed by atoms with Crippen molar-refractivity contribution in [3.05, 3.63) is 12.2 Å². The van der Waals surface area contributed by atoms with E-state index in [1.54, 1.807) is 20.1 Å². The third-order valence-corrected chi connectivity index (χ3v) is 0.855. The van der Waals surface area contributed by atoms with Crippen LogP contribution < -0.4 is 0 Å². The quantitative estimate of drug-likeness (QED) is 0.414. The van der Waals surface area contributed by atoms with Gasteiger partial charge >= 0.3 is 0 Å². The molecule has 9 heavy (non-hydrogen) atoms. The molecule has 0 bridgehead atoms. The maximum atomic E-state index is 10.0. The SMILES string of the molecule is CC(C)([C]=O)C=CC=O. The second-order valence-electron chi connectivity index (χ2n) is 2.32. The van der Waals surface area contributed by atoms with Gasteiger partial charge in [-0.05, 0) is 19.9 Å². The third kappa shape index (κ3) is 3.64. The summed E-state index contributed by atoms with van der Waals surface area (Å²) in [5.41, 5.74) is -0.624. The molecular weight excluding hydrogens is 116 g/mol.